The number of nitrogens with one attached hydrogen (secondary N) is 2. The van der Waals surface area contributed by atoms with E-state index in [0.717, 1.165) is 37.0 Å². The Labute approximate surface area is 154 Å². The fraction of sp³-hybridized carbons (Fsp3) is 0.294. The first kappa shape index (κ1) is 20.2. The Morgan fingerprint density at radius 2 is 1.92 bits per heavy atom. The summed E-state index contributed by atoms with van der Waals surface area (Å²) >= 11 is 0. The number of aromatic nitrogens is 1. The van der Waals surface area contributed by atoms with Gasteiger partial charge in [0, 0.05) is 25.0 Å². The number of hydrogen-bond acceptors (Lipinski definition) is 4. The third-order valence-electron chi connectivity index (χ3n) is 3.78. The van der Waals surface area contributed by atoms with Gasteiger partial charge in [-0.05, 0) is 29.8 Å². The molecule has 0 spiro atoms. The first-order valence-corrected chi connectivity index (χ1v) is 7.70. The van der Waals surface area contributed by atoms with Crippen LogP contribution in [0.4, 0.5) is 18.9 Å². The molecule has 1 aromatic carbocycles. The molecule has 2 N–H and O–H groups in total. The highest BCUT2D eigenvalue weighted by atomic mass is 35.5. The highest BCUT2D eigenvalue weighted by Gasteiger charge is 2.32. The molecule has 140 valence electrons. The first-order valence-electron chi connectivity index (χ1n) is 7.70. The van der Waals surface area contributed by atoms with Crippen molar-refractivity contribution in [1.29, 1.82) is 0 Å². The van der Waals surface area contributed by atoms with Gasteiger partial charge in [-0.25, -0.2) is 0 Å². The average molecular weight is 388 g/mol. The number of rotatable bonds is 3. The Morgan fingerprint density at radius 1 is 1.19 bits per heavy atom. The van der Waals surface area contributed by atoms with E-state index in [0.29, 0.717) is 12.3 Å². The predicted molar refractivity (Wildman–Crippen MR) is 92.4 cm³/mol. The second kappa shape index (κ2) is 8.48. The molecule has 0 radical (unpaired) electrons. The third kappa shape index (κ3) is 4.94. The molecule has 2 aromatic rings. The molecule has 0 unspecified atom stereocenters. The SMILES string of the molecule is Cl.O=C(Nc1ccc([C@@H]2CNCCO2)cc1)c1ccc(C(F)(F)F)nc1. The summed E-state index contributed by atoms with van der Waals surface area (Å²) in [6, 6.07) is 9.02. The number of hydrogen-bond donors (Lipinski definition) is 2. The maximum atomic E-state index is 12.5. The molecular formula is C17H17ClF3N3O2. The molecule has 0 bridgehead atoms. The summed E-state index contributed by atoms with van der Waals surface area (Å²) < 4.78 is 43.1. The molecule has 1 saturated heterocycles. The van der Waals surface area contributed by atoms with Crippen LogP contribution in [0.1, 0.15) is 27.7 Å². The number of ether oxygens (including phenoxy) is 1. The topological polar surface area (TPSA) is 63.2 Å². The van der Waals surface area contributed by atoms with Gasteiger partial charge in [-0.3, -0.25) is 9.78 Å². The van der Waals surface area contributed by atoms with E-state index in [1.807, 2.05) is 12.1 Å². The summed E-state index contributed by atoms with van der Waals surface area (Å²) in [5.74, 6) is -0.524. The Bertz CT molecular complexity index is 730. The lowest BCUT2D eigenvalue weighted by molar-refractivity contribution is -0.141. The number of morpholine rings is 1. The number of pyridine rings is 1. The molecule has 1 aliphatic heterocycles. The van der Waals surface area contributed by atoms with E-state index in [1.54, 1.807) is 12.1 Å². The number of amides is 1. The number of halogens is 4. The summed E-state index contributed by atoms with van der Waals surface area (Å²) in [7, 11) is 0. The van der Waals surface area contributed by atoms with E-state index >= 15 is 0 Å². The molecule has 2 heterocycles. The van der Waals surface area contributed by atoms with Crippen LogP contribution >= 0.6 is 12.4 Å². The summed E-state index contributed by atoms with van der Waals surface area (Å²) in [5.41, 5.74) is 0.546. The van der Waals surface area contributed by atoms with E-state index in [-0.39, 0.29) is 24.1 Å². The lowest BCUT2D eigenvalue weighted by atomic mass is 10.1. The van der Waals surface area contributed by atoms with Crippen LogP contribution < -0.4 is 10.6 Å². The lowest BCUT2D eigenvalue weighted by Gasteiger charge is -2.24. The molecule has 1 aliphatic rings. The molecule has 1 fully saturated rings. The molecule has 26 heavy (non-hydrogen) atoms. The quantitative estimate of drug-likeness (QED) is 0.847. The maximum Gasteiger partial charge on any atom is 0.433 e. The van der Waals surface area contributed by atoms with Crippen LogP contribution in [0.2, 0.25) is 0 Å². The van der Waals surface area contributed by atoms with Gasteiger partial charge in [0.25, 0.3) is 5.91 Å². The normalized spacial score (nSPS) is 17.3. The zero-order valence-electron chi connectivity index (χ0n) is 13.5. The fourth-order valence-corrected chi connectivity index (χ4v) is 2.46. The smallest absolute Gasteiger partial charge is 0.371 e. The monoisotopic (exact) mass is 387 g/mol. The lowest BCUT2D eigenvalue weighted by Crippen LogP contribution is -2.33. The van der Waals surface area contributed by atoms with Crippen LogP contribution in [-0.4, -0.2) is 30.6 Å². The Balaban J connectivity index is 0.00000243. The molecule has 0 saturated carbocycles. The van der Waals surface area contributed by atoms with Crippen molar-refractivity contribution in [3.8, 4) is 0 Å². The van der Waals surface area contributed by atoms with Crippen molar-refractivity contribution in [3.63, 3.8) is 0 Å². The molecule has 1 atom stereocenters. The van der Waals surface area contributed by atoms with Crippen LogP contribution in [0.3, 0.4) is 0 Å². The molecular weight excluding hydrogens is 371 g/mol. The van der Waals surface area contributed by atoms with Gasteiger partial charge in [0.2, 0.25) is 0 Å². The van der Waals surface area contributed by atoms with Gasteiger partial charge < -0.3 is 15.4 Å². The largest absolute Gasteiger partial charge is 0.433 e. The Morgan fingerprint density at radius 3 is 2.46 bits per heavy atom. The van der Waals surface area contributed by atoms with Gasteiger partial charge in [-0.1, -0.05) is 12.1 Å². The summed E-state index contributed by atoms with van der Waals surface area (Å²) in [5, 5.41) is 5.86. The Kier molecular flexibility index (Phi) is 6.57. The zero-order valence-corrected chi connectivity index (χ0v) is 14.4. The van der Waals surface area contributed by atoms with Crippen molar-refractivity contribution in [2.24, 2.45) is 0 Å². The maximum absolute atomic E-state index is 12.5. The van der Waals surface area contributed by atoms with E-state index in [2.05, 4.69) is 15.6 Å². The number of carbonyl (C=O) groups excluding carboxylic acids is 1. The van der Waals surface area contributed by atoms with Gasteiger partial charge >= 0.3 is 6.18 Å². The van der Waals surface area contributed by atoms with Crippen LogP contribution in [-0.2, 0) is 10.9 Å². The minimum atomic E-state index is -4.53. The molecule has 1 amide bonds. The molecule has 3 rings (SSSR count). The van der Waals surface area contributed by atoms with E-state index < -0.39 is 17.8 Å². The van der Waals surface area contributed by atoms with E-state index in [1.165, 1.54) is 0 Å². The van der Waals surface area contributed by atoms with E-state index in [4.69, 9.17) is 4.74 Å². The highest BCUT2D eigenvalue weighted by molar-refractivity contribution is 6.04. The number of anilines is 1. The summed E-state index contributed by atoms with van der Waals surface area (Å²) in [6.07, 6.45) is -3.65. The zero-order chi connectivity index (χ0) is 17.9. The first-order chi connectivity index (χ1) is 11.9. The third-order valence-corrected chi connectivity index (χ3v) is 3.78. The number of benzene rings is 1. The number of alkyl halides is 3. The van der Waals surface area contributed by atoms with Crippen molar-refractivity contribution < 1.29 is 22.7 Å². The van der Waals surface area contributed by atoms with Crippen LogP contribution in [0, 0.1) is 0 Å². The van der Waals surface area contributed by atoms with Gasteiger partial charge in [0.05, 0.1) is 18.3 Å². The van der Waals surface area contributed by atoms with Crippen LogP contribution in [0.5, 0.6) is 0 Å². The van der Waals surface area contributed by atoms with Gasteiger partial charge in [0.15, 0.2) is 0 Å². The Hall–Kier alpha value is -2.16. The number of nitrogens with zero attached hydrogens (tertiary/aromatic N) is 1. The van der Waals surface area contributed by atoms with Gasteiger partial charge in [-0.2, -0.15) is 13.2 Å². The molecule has 1 aromatic heterocycles. The minimum absolute atomic E-state index is 0. The average Bonchev–Trinajstić information content (AvgIpc) is 2.62. The minimum Gasteiger partial charge on any atom is -0.371 e. The van der Waals surface area contributed by atoms with Crippen molar-refractivity contribution in [2.75, 3.05) is 25.0 Å². The van der Waals surface area contributed by atoms with Crippen molar-refractivity contribution in [1.82, 2.24) is 10.3 Å². The fourth-order valence-electron chi connectivity index (χ4n) is 2.46. The standard InChI is InChI=1S/C17H16F3N3O2.ClH/c18-17(19,20)15-6-3-12(9-22-15)16(24)23-13-4-1-11(2-5-13)14-10-21-7-8-25-14;/h1-6,9,14,21H,7-8,10H2,(H,23,24);1H/t14-;/m0./s1. The van der Waals surface area contributed by atoms with Gasteiger partial charge in [0.1, 0.15) is 5.69 Å². The van der Waals surface area contributed by atoms with Crippen LogP contribution in [0.25, 0.3) is 0 Å². The summed E-state index contributed by atoms with van der Waals surface area (Å²) in [4.78, 5) is 15.4. The van der Waals surface area contributed by atoms with Crippen molar-refractivity contribution >= 4 is 24.0 Å². The molecule has 9 heteroatoms. The number of carbonyl (C=O) groups is 1. The van der Waals surface area contributed by atoms with Crippen LogP contribution in [0.15, 0.2) is 42.6 Å². The summed E-state index contributed by atoms with van der Waals surface area (Å²) in [6.45, 7) is 2.19. The second-order valence-corrected chi connectivity index (χ2v) is 5.57. The predicted octanol–water partition coefficient (Wildman–Crippen LogP) is 3.44. The van der Waals surface area contributed by atoms with Gasteiger partial charge in [-0.15, -0.1) is 12.4 Å². The van der Waals surface area contributed by atoms with Crippen molar-refractivity contribution in [2.45, 2.75) is 12.3 Å². The second-order valence-electron chi connectivity index (χ2n) is 5.57. The van der Waals surface area contributed by atoms with Crippen molar-refractivity contribution in [3.05, 3.63) is 59.4 Å². The van der Waals surface area contributed by atoms with E-state index in [9.17, 15) is 18.0 Å². The highest BCUT2D eigenvalue weighted by Crippen LogP contribution is 2.27. The molecule has 5 nitrogen and oxygen atoms in total. The molecule has 0 aliphatic carbocycles.